The van der Waals surface area contributed by atoms with Gasteiger partial charge in [0.1, 0.15) is 6.04 Å². The minimum absolute atomic E-state index is 0.128. The van der Waals surface area contributed by atoms with Gasteiger partial charge in [-0.2, -0.15) is 13.5 Å². The fourth-order valence-electron chi connectivity index (χ4n) is 4.42. The summed E-state index contributed by atoms with van der Waals surface area (Å²) in [6, 6.07) is -1.52. The monoisotopic (exact) mass is 434 g/mol. The third-order valence-corrected chi connectivity index (χ3v) is 6.21. The van der Waals surface area contributed by atoms with Crippen LogP contribution in [0.2, 0.25) is 0 Å². The average Bonchev–Trinajstić information content (AvgIpc) is 3.39. The largest absolute Gasteiger partial charge is 0.418 e. The van der Waals surface area contributed by atoms with Crippen LogP contribution in [0.25, 0.3) is 0 Å². The maximum absolute atomic E-state index is 12.5. The van der Waals surface area contributed by atoms with Gasteiger partial charge in [-0.05, 0) is 19.3 Å². The minimum atomic E-state index is -4.81. The molecule has 4 aliphatic heterocycles. The highest BCUT2D eigenvalue weighted by Crippen LogP contribution is 2.30. The topological polar surface area (TPSA) is 153 Å². The minimum Gasteiger partial charge on any atom is -0.310 e. The van der Waals surface area contributed by atoms with Crippen LogP contribution in [0.3, 0.4) is 0 Å². The molecule has 4 N–H and O–H groups in total. The molecule has 4 fully saturated rings. The van der Waals surface area contributed by atoms with E-state index in [2.05, 4.69) is 25.3 Å². The highest BCUT2D eigenvalue weighted by atomic mass is 32.3. The normalized spacial score (nSPS) is 32.9. The van der Waals surface area contributed by atoms with Gasteiger partial charge in [-0.3, -0.25) is 19.1 Å². The number of piperidine rings is 1. The van der Waals surface area contributed by atoms with Gasteiger partial charge in [-0.1, -0.05) is 0 Å². The summed E-state index contributed by atoms with van der Waals surface area (Å²) in [4.78, 5) is 33.8. The van der Waals surface area contributed by atoms with Crippen molar-refractivity contribution in [2.75, 3.05) is 39.5 Å². The molecule has 0 unspecified atom stereocenters. The van der Waals surface area contributed by atoms with E-state index < -0.39 is 34.4 Å². The Bertz CT molecular complexity index is 745. The van der Waals surface area contributed by atoms with E-state index in [-0.39, 0.29) is 12.6 Å². The van der Waals surface area contributed by atoms with E-state index in [4.69, 9.17) is 9.39 Å². The van der Waals surface area contributed by atoms with Crippen molar-refractivity contribution >= 4 is 22.3 Å². The number of nitrogens with one attached hydrogen (secondary N) is 3. The quantitative estimate of drug-likeness (QED) is 0.253. The number of carbonyl (C=O) groups is 2. The van der Waals surface area contributed by atoms with Gasteiger partial charge in [0.2, 0.25) is 0 Å². The maximum atomic E-state index is 12.5. The first-order valence-corrected chi connectivity index (χ1v) is 11.0. The first-order valence-electron chi connectivity index (χ1n) is 9.68. The van der Waals surface area contributed by atoms with Crippen LogP contribution in [0.4, 0.5) is 4.79 Å². The number of fused-ring (bicyclic) bond motifs is 2. The first kappa shape index (κ1) is 20.7. The lowest BCUT2D eigenvalue weighted by atomic mass is 10.0. The summed E-state index contributed by atoms with van der Waals surface area (Å²) < 4.78 is 35.0. The molecule has 4 heterocycles. The van der Waals surface area contributed by atoms with Crippen molar-refractivity contribution in [1.29, 1.82) is 0 Å². The molecule has 0 saturated carbocycles. The van der Waals surface area contributed by atoms with Gasteiger partial charge in [0, 0.05) is 44.9 Å². The molecule has 29 heavy (non-hydrogen) atoms. The Morgan fingerprint density at radius 2 is 2.14 bits per heavy atom. The summed E-state index contributed by atoms with van der Waals surface area (Å²) in [5, 5.41) is 7.30. The molecular formula is C15H26N6O7S. The maximum Gasteiger partial charge on any atom is 0.418 e. The van der Waals surface area contributed by atoms with Gasteiger partial charge in [-0.15, -0.1) is 4.28 Å². The standard InChI is InChI=1S/C15H26N6O7S/c22-14(18-27-8-10-5-12(6-17-10)19-4-3-16-9-19)13-2-1-11-7-20(13)15(23)21(11)28-29(24,25)26/h10-13,16-17H,1-9H2,(H,18,22)(H,24,25,26)/t10-,11-,12+,13+/m1/s1. The third kappa shape index (κ3) is 4.63. The number of hydroxylamine groups is 3. The first-order chi connectivity index (χ1) is 13.8. The highest BCUT2D eigenvalue weighted by molar-refractivity contribution is 7.80. The van der Waals surface area contributed by atoms with Crippen LogP contribution >= 0.6 is 0 Å². The van der Waals surface area contributed by atoms with E-state index in [0.29, 0.717) is 30.6 Å². The van der Waals surface area contributed by atoms with Crippen molar-refractivity contribution in [1.82, 2.24) is 31.0 Å². The van der Waals surface area contributed by atoms with Gasteiger partial charge in [0.25, 0.3) is 5.91 Å². The molecule has 164 valence electrons. The van der Waals surface area contributed by atoms with E-state index in [1.54, 1.807) is 0 Å². The number of hydrogen-bond acceptors (Lipinski definition) is 9. The summed E-state index contributed by atoms with van der Waals surface area (Å²) in [7, 11) is -4.81. The van der Waals surface area contributed by atoms with Gasteiger partial charge in [0.15, 0.2) is 0 Å². The summed E-state index contributed by atoms with van der Waals surface area (Å²) in [6.45, 7) is 4.24. The molecule has 4 atom stereocenters. The number of urea groups is 1. The van der Waals surface area contributed by atoms with Gasteiger partial charge in [-0.25, -0.2) is 10.3 Å². The average molecular weight is 434 g/mol. The Hall–Kier alpha value is -1.55. The lowest BCUT2D eigenvalue weighted by molar-refractivity contribution is -0.139. The van der Waals surface area contributed by atoms with Crippen LogP contribution < -0.4 is 16.1 Å². The van der Waals surface area contributed by atoms with E-state index in [1.165, 1.54) is 4.90 Å². The van der Waals surface area contributed by atoms with Crippen LogP contribution in [-0.4, -0.2) is 103 Å². The van der Waals surface area contributed by atoms with Crippen molar-refractivity contribution in [3.05, 3.63) is 0 Å². The number of nitrogens with zero attached hydrogens (tertiary/aromatic N) is 3. The third-order valence-electron chi connectivity index (χ3n) is 5.86. The molecule has 4 saturated heterocycles. The molecule has 0 radical (unpaired) electrons. The molecule has 14 heteroatoms. The van der Waals surface area contributed by atoms with Crippen molar-refractivity contribution in [3.8, 4) is 0 Å². The van der Waals surface area contributed by atoms with Crippen molar-refractivity contribution < 1.29 is 31.7 Å². The Kier molecular flexibility index (Phi) is 5.92. The van der Waals surface area contributed by atoms with E-state index >= 15 is 0 Å². The van der Waals surface area contributed by atoms with Crippen LogP contribution in [0.15, 0.2) is 0 Å². The van der Waals surface area contributed by atoms with Crippen LogP contribution in [-0.2, 0) is 24.3 Å². The lowest BCUT2D eigenvalue weighted by Gasteiger charge is -2.29. The van der Waals surface area contributed by atoms with Crippen molar-refractivity contribution in [3.63, 3.8) is 0 Å². The molecule has 0 aromatic heterocycles. The molecule has 3 amide bonds. The zero-order chi connectivity index (χ0) is 20.6. The Morgan fingerprint density at radius 1 is 1.31 bits per heavy atom. The molecule has 0 spiro atoms. The second-order valence-electron chi connectivity index (χ2n) is 7.75. The predicted molar refractivity (Wildman–Crippen MR) is 97.3 cm³/mol. The second-order valence-corrected chi connectivity index (χ2v) is 8.76. The summed E-state index contributed by atoms with van der Waals surface area (Å²) >= 11 is 0. The van der Waals surface area contributed by atoms with E-state index in [0.717, 1.165) is 32.7 Å². The number of hydrogen-bond donors (Lipinski definition) is 4. The summed E-state index contributed by atoms with van der Waals surface area (Å²) in [5.41, 5.74) is 2.40. The summed E-state index contributed by atoms with van der Waals surface area (Å²) in [5.74, 6) is -0.469. The van der Waals surface area contributed by atoms with Crippen LogP contribution in [0.1, 0.15) is 19.3 Å². The smallest absolute Gasteiger partial charge is 0.310 e. The molecule has 13 nitrogen and oxygen atoms in total. The summed E-state index contributed by atoms with van der Waals surface area (Å²) in [6.07, 6.45) is 1.63. The van der Waals surface area contributed by atoms with Crippen LogP contribution in [0.5, 0.6) is 0 Å². The fourth-order valence-corrected chi connectivity index (χ4v) is 4.81. The number of rotatable bonds is 7. The zero-order valence-corrected chi connectivity index (χ0v) is 16.6. The highest BCUT2D eigenvalue weighted by Gasteiger charge is 2.49. The zero-order valence-electron chi connectivity index (χ0n) is 15.8. The fraction of sp³-hybridized carbons (Fsp3) is 0.867. The van der Waals surface area contributed by atoms with Gasteiger partial charge in [0.05, 0.1) is 12.6 Å². The lowest BCUT2D eigenvalue weighted by Crippen LogP contribution is -2.50. The Labute approximate surface area is 168 Å². The Balaban J connectivity index is 1.23. The number of carbonyl (C=O) groups excluding carboxylic acids is 2. The predicted octanol–water partition coefficient (Wildman–Crippen LogP) is -2.37. The molecular weight excluding hydrogens is 408 g/mol. The molecule has 0 aliphatic carbocycles. The van der Waals surface area contributed by atoms with Gasteiger partial charge < -0.3 is 15.5 Å². The molecule has 2 bridgehead atoms. The second kappa shape index (κ2) is 8.29. The SMILES string of the molecule is O=C(NOC[C@H]1C[C@H](N2CCNC2)CN1)[C@@H]1CC[C@@H]2CN1C(=O)N2OS(=O)(=O)O. The van der Waals surface area contributed by atoms with Crippen LogP contribution in [0, 0.1) is 0 Å². The van der Waals surface area contributed by atoms with E-state index in [1.807, 2.05) is 0 Å². The van der Waals surface area contributed by atoms with Crippen molar-refractivity contribution in [2.24, 2.45) is 0 Å². The van der Waals surface area contributed by atoms with E-state index in [9.17, 15) is 18.0 Å². The molecule has 4 rings (SSSR count). The van der Waals surface area contributed by atoms with Gasteiger partial charge >= 0.3 is 16.4 Å². The molecule has 0 aromatic rings. The van der Waals surface area contributed by atoms with Crippen molar-refractivity contribution in [2.45, 2.75) is 43.4 Å². The number of amides is 3. The Morgan fingerprint density at radius 3 is 2.86 bits per heavy atom. The molecule has 0 aromatic carbocycles. The molecule has 4 aliphatic rings.